The molecule has 0 saturated heterocycles. The zero-order chi connectivity index (χ0) is 14.5. The molecule has 0 aromatic heterocycles. The van der Waals surface area contributed by atoms with E-state index in [1.54, 1.807) is 0 Å². The first-order valence-electron chi connectivity index (χ1n) is 7.20. The average molecular weight is 274 g/mol. The van der Waals surface area contributed by atoms with Crippen molar-refractivity contribution in [1.82, 2.24) is 4.90 Å². The number of benzene rings is 1. The molecule has 1 N–H and O–H groups in total. The summed E-state index contributed by atoms with van der Waals surface area (Å²) in [6.07, 6.45) is 3.69. The number of carbonyl (C=O) groups is 1. The maximum atomic E-state index is 10.7. The third-order valence-electron chi connectivity index (χ3n) is 3.79. The molecule has 4 nitrogen and oxygen atoms in total. The Morgan fingerprint density at radius 3 is 2.70 bits per heavy atom. The van der Waals surface area contributed by atoms with Crippen molar-refractivity contribution in [2.24, 2.45) is 4.99 Å². The van der Waals surface area contributed by atoms with Crippen LogP contribution in [0, 0.1) is 0 Å². The van der Waals surface area contributed by atoms with Gasteiger partial charge in [0.25, 0.3) is 0 Å². The van der Waals surface area contributed by atoms with Gasteiger partial charge in [0, 0.05) is 18.7 Å². The number of carboxylic acid groups (broad SMARTS) is 1. The quantitative estimate of drug-likeness (QED) is 0.867. The van der Waals surface area contributed by atoms with Crippen molar-refractivity contribution in [2.45, 2.75) is 38.6 Å². The van der Waals surface area contributed by atoms with Crippen molar-refractivity contribution in [1.29, 1.82) is 0 Å². The van der Waals surface area contributed by atoms with E-state index in [-0.39, 0.29) is 6.42 Å². The molecule has 1 aliphatic rings. The van der Waals surface area contributed by atoms with Crippen molar-refractivity contribution in [2.75, 3.05) is 13.6 Å². The molecule has 0 fully saturated rings. The number of carboxylic acids is 1. The van der Waals surface area contributed by atoms with Crippen LogP contribution in [0.3, 0.4) is 0 Å². The van der Waals surface area contributed by atoms with Crippen LogP contribution in [0.5, 0.6) is 0 Å². The molecular weight excluding hydrogens is 252 g/mol. The van der Waals surface area contributed by atoms with E-state index in [0.29, 0.717) is 6.04 Å². The van der Waals surface area contributed by atoms with Gasteiger partial charge < -0.3 is 10.0 Å². The molecule has 1 aliphatic heterocycles. The second-order valence-electron chi connectivity index (χ2n) is 5.34. The van der Waals surface area contributed by atoms with Crippen LogP contribution >= 0.6 is 0 Å². The fraction of sp³-hybridized carbons (Fsp3) is 0.500. The summed E-state index contributed by atoms with van der Waals surface area (Å²) in [4.78, 5) is 17.6. The van der Waals surface area contributed by atoms with Gasteiger partial charge in [0.2, 0.25) is 0 Å². The second-order valence-corrected chi connectivity index (χ2v) is 5.34. The Balaban J connectivity index is 2.03. The van der Waals surface area contributed by atoms with E-state index < -0.39 is 5.97 Å². The normalized spacial score (nSPS) is 18.2. The average Bonchev–Trinajstić information content (AvgIpc) is 2.78. The van der Waals surface area contributed by atoms with Crippen molar-refractivity contribution >= 4 is 11.8 Å². The van der Waals surface area contributed by atoms with Gasteiger partial charge in [-0.25, -0.2) is 0 Å². The lowest BCUT2D eigenvalue weighted by Crippen LogP contribution is -2.33. The van der Waals surface area contributed by atoms with Crippen LogP contribution in [0.25, 0.3) is 0 Å². The van der Waals surface area contributed by atoms with Crippen LogP contribution in [0.4, 0.5) is 0 Å². The fourth-order valence-corrected chi connectivity index (χ4v) is 2.56. The molecule has 1 atom stereocenters. The number of nitrogens with zero attached hydrogens (tertiary/aromatic N) is 2. The Labute approximate surface area is 120 Å². The molecule has 0 radical (unpaired) electrons. The molecule has 0 saturated carbocycles. The van der Waals surface area contributed by atoms with Crippen LogP contribution < -0.4 is 0 Å². The van der Waals surface area contributed by atoms with E-state index in [1.165, 1.54) is 19.3 Å². The highest BCUT2D eigenvalue weighted by molar-refractivity contribution is 6.00. The minimum atomic E-state index is -0.798. The summed E-state index contributed by atoms with van der Waals surface area (Å²) in [5.74, 6) is 0.223. The van der Waals surface area contributed by atoms with Gasteiger partial charge in [0.15, 0.2) is 0 Å². The Hall–Kier alpha value is -1.84. The van der Waals surface area contributed by atoms with Gasteiger partial charge in [-0.05, 0) is 12.0 Å². The van der Waals surface area contributed by atoms with Gasteiger partial charge in [0.1, 0.15) is 5.84 Å². The minimum absolute atomic E-state index is 0.0712. The Kier molecular flexibility index (Phi) is 4.77. The third-order valence-corrected chi connectivity index (χ3v) is 3.79. The number of aliphatic carboxylic acids is 1. The van der Waals surface area contributed by atoms with Gasteiger partial charge in [0.05, 0.1) is 13.0 Å². The Morgan fingerprint density at radius 2 is 2.10 bits per heavy atom. The van der Waals surface area contributed by atoms with E-state index in [9.17, 15) is 4.79 Å². The van der Waals surface area contributed by atoms with Crippen LogP contribution in [0.15, 0.2) is 29.3 Å². The molecule has 0 bridgehead atoms. The van der Waals surface area contributed by atoms with Gasteiger partial charge >= 0.3 is 5.97 Å². The first-order valence-corrected chi connectivity index (χ1v) is 7.20. The van der Waals surface area contributed by atoms with Crippen LogP contribution in [0.1, 0.15) is 37.3 Å². The number of hydrogen-bond donors (Lipinski definition) is 1. The van der Waals surface area contributed by atoms with Crippen molar-refractivity contribution in [3.8, 4) is 0 Å². The lowest BCUT2D eigenvalue weighted by Gasteiger charge is -2.23. The van der Waals surface area contributed by atoms with E-state index in [2.05, 4.69) is 23.9 Å². The standard InChI is InChI=1S/C16H22N2O2/c1-3-4-5-14-11-17-16(18(14)2)13-8-6-12(7-9-13)10-15(19)20/h6-9,14H,3-5,10-11H2,1-2H3,(H,19,20). The summed E-state index contributed by atoms with van der Waals surface area (Å²) in [7, 11) is 2.09. The summed E-state index contributed by atoms with van der Waals surface area (Å²) in [5.41, 5.74) is 1.89. The molecule has 0 amide bonds. The topological polar surface area (TPSA) is 52.9 Å². The number of likely N-dealkylation sites (N-methyl/N-ethyl adjacent to an activating group) is 1. The molecule has 20 heavy (non-hydrogen) atoms. The lowest BCUT2D eigenvalue weighted by molar-refractivity contribution is -0.136. The highest BCUT2D eigenvalue weighted by Gasteiger charge is 2.24. The van der Waals surface area contributed by atoms with E-state index in [0.717, 1.165) is 23.5 Å². The molecule has 0 spiro atoms. The lowest BCUT2D eigenvalue weighted by atomic mass is 10.1. The van der Waals surface area contributed by atoms with Crippen molar-refractivity contribution in [3.05, 3.63) is 35.4 Å². The van der Waals surface area contributed by atoms with E-state index in [1.807, 2.05) is 24.3 Å². The SMILES string of the molecule is CCCCC1CN=C(c2ccc(CC(=O)O)cc2)N1C. The molecule has 1 aromatic rings. The zero-order valence-corrected chi connectivity index (χ0v) is 12.2. The zero-order valence-electron chi connectivity index (χ0n) is 12.2. The molecule has 1 heterocycles. The van der Waals surface area contributed by atoms with Crippen LogP contribution in [-0.4, -0.2) is 41.4 Å². The molecule has 0 aliphatic carbocycles. The summed E-state index contributed by atoms with van der Waals surface area (Å²) < 4.78 is 0. The Bertz CT molecular complexity index is 494. The van der Waals surface area contributed by atoms with Crippen LogP contribution in [0.2, 0.25) is 0 Å². The predicted molar refractivity (Wildman–Crippen MR) is 80.3 cm³/mol. The highest BCUT2D eigenvalue weighted by atomic mass is 16.4. The molecule has 1 unspecified atom stereocenters. The number of hydrogen-bond acceptors (Lipinski definition) is 3. The second kappa shape index (κ2) is 6.55. The molecule has 108 valence electrons. The summed E-state index contributed by atoms with van der Waals surface area (Å²) in [6, 6.07) is 8.19. The van der Waals surface area contributed by atoms with Gasteiger partial charge in [-0.2, -0.15) is 0 Å². The monoisotopic (exact) mass is 274 g/mol. The molecule has 2 rings (SSSR count). The van der Waals surface area contributed by atoms with Crippen molar-refractivity contribution < 1.29 is 9.90 Å². The Morgan fingerprint density at radius 1 is 1.40 bits per heavy atom. The first-order chi connectivity index (χ1) is 9.61. The summed E-state index contributed by atoms with van der Waals surface area (Å²) in [5, 5.41) is 8.77. The van der Waals surface area contributed by atoms with E-state index in [4.69, 9.17) is 5.11 Å². The molecular formula is C16H22N2O2. The number of unbranched alkanes of at least 4 members (excludes halogenated alkanes) is 1. The number of aliphatic imine (C=N–C) groups is 1. The largest absolute Gasteiger partial charge is 0.481 e. The number of amidine groups is 1. The highest BCUT2D eigenvalue weighted by Crippen LogP contribution is 2.19. The van der Waals surface area contributed by atoms with E-state index >= 15 is 0 Å². The minimum Gasteiger partial charge on any atom is -0.481 e. The predicted octanol–water partition coefficient (Wildman–Crippen LogP) is 2.56. The fourth-order valence-electron chi connectivity index (χ4n) is 2.56. The molecule has 4 heteroatoms. The molecule has 1 aromatic carbocycles. The van der Waals surface area contributed by atoms with Gasteiger partial charge in [-0.3, -0.25) is 9.79 Å². The first kappa shape index (κ1) is 14.6. The summed E-state index contributed by atoms with van der Waals surface area (Å²) >= 11 is 0. The smallest absolute Gasteiger partial charge is 0.307 e. The number of rotatable bonds is 6. The maximum Gasteiger partial charge on any atom is 0.307 e. The maximum absolute atomic E-state index is 10.7. The van der Waals surface area contributed by atoms with Gasteiger partial charge in [-0.15, -0.1) is 0 Å². The van der Waals surface area contributed by atoms with Crippen molar-refractivity contribution in [3.63, 3.8) is 0 Å². The summed E-state index contributed by atoms with van der Waals surface area (Å²) in [6.45, 7) is 3.07. The van der Waals surface area contributed by atoms with Crippen LogP contribution in [-0.2, 0) is 11.2 Å². The van der Waals surface area contributed by atoms with Gasteiger partial charge in [-0.1, -0.05) is 44.0 Å². The third kappa shape index (κ3) is 3.38.